The number of aliphatic hydroxyl groups is 4. The third-order valence-corrected chi connectivity index (χ3v) is 6.41. The van der Waals surface area contributed by atoms with Gasteiger partial charge in [0, 0.05) is 24.7 Å². The zero-order valence-electron chi connectivity index (χ0n) is 18.1. The molecule has 0 saturated heterocycles. The van der Waals surface area contributed by atoms with E-state index in [1.807, 2.05) is 13.8 Å². The van der Waals surface area contributed by atoms with Gasteiger partial charge in [0.25, 0.3) is 0 Å². The Labute approximate surface area is 176 Å². The molecule has 0 radical (unpaired) electrons. The smallest absolute Gasteiger partial charge is 0.335 e. The molecular formula is C22H34O8. The molecule has 0 bridgehead atoms. The second-order valence-corrected chi connectivity index (χ2v) is 9.23. The first kappa shape index (κ1) is 26.0. The first-order chi connectivity index (χ1) is 13.5. The fraction of sp³-hybridized carbons (Fsp3) is 0.636. The summed E-state index contributed by atoms with van der Waals surface area (Å²) >= 11 is 0. The third kappa shape index (κ3) is 6.50. The maximum atomic E-state index is 10.3. The molecule has 6 N–H and O–H groups in total. The lowest BCUT2D eigenvalue weighted by molar-refractivity contribution is -0.350. The Morgan fingerprint density at radius 1 is 0.733 bits per heavy atom. The minimum Gasteiger partial charge on any atom is -0.478 e. The normalized spacial score (nSPS) is 22.1. The summed E-state index contributed by atoms with van der Waals surface area (Å²) in [7, 11) is 0. The highest BCUT2D eigenvalue weighted by molar-refractivity contribution is 5.91. The molecule has 2 aliphatic rings. The van der Waals surface area contributed by atoms with Crippen LogP contribution in [0.15, 0.2) is 24.3 Å². The molecule has 0 unspecified atom stereocenters. The minimum atomic E-state index is -1.45. The van der Waals surface area contributed by atoms with Crippen molar-refractivity contribution < 1.29 is 40.2 Å². The Morgan fingerprint density at radius 3 is 1.23 bits per heavy atom. The van der Waals surface area contributed by atoms with Gasteiger partial charge >= 0.3 is 11.9 Å². The van der Waals surface area contributed by atoms with Gasteiger partial charge in [0.2, 0.25) is 0 Å². The molecule has 1 aromatic rings. The molecule has 0 atom stereocenters. The van der Waals surface area contributed by atoms with E-state index in [2.05, 4.69) is 13.8 Å². The second kappa shape index (κ2) is 9.43. The van der Waals surface area contributed by atoms with Gasteiger partial charge in [-0.1, -0.05) is 34.1 Å². The monoisotopic (exact) mass is 426 g/mol. The average molecular weight is 427 g/mol. The molecule has 1 aromatic carbocycles. The number of carboxylic acids is 2. The number of aromatic carboxylic acids is 2. The molecule has 8 heteroatoms. The fourth-order valence-corrected chi connectivity index (χ4v) is 3.37. The van der Waals surface area contributed by atoms with Gasteiger partial charge in [0.1, 0.15) is 0 Å². The number of benzene rings is 1. The molecule has 0 amide bonds. The first-order valence-electron chi connectivity index (χ1n) is 9.99. The predicted molar refractivity (Wildman–Crippen MR) is 110 cm³/mol. The molecule has 0 heterocycles. The van der Waals surface area contributed by atoms with Gasteiger partial charge in [0.05, 0.1) is 11.1 Å². The van der Waals surface area contributed by atoms with E-state index in [9.17, 15) is 19.8 Å². The van der Waals surface area contributed by atoms with Crippen molar-refractivity contribution in [3.8, 4) is 0 Å². The van der Waals surface area contributed by atoms with Crippen LogP contribution in [-0.4, -0.2) is 54.2 Å². The van der Waals surface area contributed by atoms with Crippen molar-refractivity contribution in [2.75, 3.05) is 0 Å². The van der Waals surface area contributed by atoms with Gasteiger partial charge < -0.3 is 30.6 Å². The van der Waals surface area contributed by atoms with Crippen molar-refractivity contribution in [3.63, 3.8) is 0 Å². The van der Waals surface area contributed by atoms with E-state index < -0.39 is 23.5 Å². The van der Waals surface area contributed by atoms with Gasteiger partial charge in [0.15, 0.2) is 11.6 Å². The quantitative estimate of drug-likeness (QED) is 0.394. The summed E-state index contributed by atoms with van der Waals surface area (Å²) in [5.74, 6) is -4.90. The highest BCUT2D eigenvalue weighted by atomic mass is 16.5. The highest BCUT2D eigenvalue weighted by Crippen LogP contribution is 2.60. The zero-order chi connectivity index (χ0) is 23.4. The summed E-state index contributed by atoms with van der Waals surface area (Å²) < 4.78 is 0. The standard InChI is InChI=1S/C8H6O4.C8H16O2.C6H12O2/c9-7(10)5-1-2-6(4-3-5)8(11)12;1-6(2)5-8(9,10)7(6,3)4;7-6(8)4-2-1-3-5-6/h1-4H,(H,9,10)(H,11,12);9-10H,5H2,1-4H3;7-8H,1-5H2. The zero-order valence-corrected chi connectivity index (χ0v) is 18.1. The third-order valence-electron chi connectivity index (χ3n) is 6.41. The summed E-state index contributed by atoms with van der Waals surface area (Å²) in [5.41, 5.74) is -0.156. The summed E-state index contributed by atoms with van der Waals surface area (Å²) in [5, 5.41) is 53.5. The van der Waals surface area contributed by atoms with Crippen LogP contribution in [0.4, 0.5) is 0 Å². The largest absolute Gasteiger partial charge is 0.478 e. The summed E-state index contributed by atoms with van der Waals surface area (Å²) in [4.78, 5) is 20.7. The molecule has 0 aromatic heterocycles. The maximum Gasteiger partial charge on any atom is 0.335 e. The Bertz CT molecular complexity index is 675. The highest BCUT2D eigenvalue weighted by Gasteiger charge is 2.63. The molecule has 0 spiro atoms. The Balaban J connectivity index is 0.000000230. The van der Waals surface area contributed by atoms with Crippen LogP contribution in [0.2, 0.25) is 0 Å². The summed E-state index contributed by atoms with van der Waals surface area (Å²) in [6, 6.07) is 5.02. The van der Waals surface area contributed by atoms with Crippen molar-refractivity contribution in [3.05, 3.63) is 35.4 Å². The Morgan fingerprint density at radius 2 is 1.10 bits per heavy atom. The van der Waals surface area contributed by atoms with Crippen LogP contribution in [0.25, 0.3) is 0 Å². The molecule has 30 heavy (non-hydrogen) atoms. The van der Waals surface area contributed by atoms with Crippen LogP contribution < -0.4 is 0 Å². The lowest BCUT2D eigenvalue weighted by Gasteiger charge is -2.61. The van der Waals surface area contributed by atoms with Crippen molar-refractivity contribution in [1.29, 1.82) is 0 Å². The van der Waals surface area contributed by atoms with Gasteiger partial charge in [-0.3, -0.25) is 0 Å². The molecule has 2 fully saturated rings. The lowest BCUT2D eigenvalue weighted by Crippen LogP contribution is -2.65. The molecular weight excluding hydrogens is 392 g/mol. The number of rotatable bonds is 2. The van der Waals surface area contributed by atoms with E-state index in [1.165, 1.54) is 24.3 Å². The number of hydrogen-bond donors (Lipinski definition) is 6. The lowest BCUT2D eigenvalue weighted by atomic mass is 9.49. The van der Waals surface area contributed by atoms with Crippen LogP contribution in [0.1, 0.15) is 86.9 Å². The van der Waals surface area contributed by atoms with Crippen LogP contribution in [0, 0.1) is 10.8 Å². The molecule has 170 valence electrons. The summed E-state index contributed by atoms with van der Waals surface area (Å²) in [6.45, 7) is 7.88. The number of carbonyl (C=O) groups is 2. The predicted octanol–water partition coefficient (Wildman–Crippen LogP) is 2.84. The topological polar surface area (TPSA) is 156 Å². The van der Waals surface area contributed by atoms with Gasteiger partial charge in [-0.25, -0.2) is 9.59 Å². The molecule has 8 nitrogen and oxygen atoms in total. The average Bonchev–Trinajstić information content (AvgIpc) is 2.61. The molecule has 2 aliphatic carbocycles. The van der Waals surface area contributed by atoms with Crippen molar-refractivity contribution in [2.24, 2.45) is 10.8 Å². The van der Waals surface area contributed by atoms with E-state index in [1.54, 1.807) is 0 Å². The first-order valence-corrected chi connectivity index (χ1v) is 9.99. The van der Waals surface area contributed by atoms with Crippen LogP contribution in [0.5, 0.6) is 0 Å². The van der Waals surface area contributed by atoms with E-state index >= 15 is 0 Å². The molecule has 0 aliphatic heterocycles. The van der Waals surface area contributed by atoms with Crippen molar-refractivity contribution in [2.45, 2.75) is 77.8 Å². The van der Waals surface area contributed by atoms with Gasteiger partial charge in [-0.2, -0.15) is 0 Å². The SMILES string of the molecule is CC1(C)CC(O)(O)C1(C)C.O=C(O)c1ccc(C(=O)O)cc1.OC1(O)CCCCC1. The Kier molecular flexibility index (Phi) is 8.18. The fourth-order valence-electron chi connectivity index (χ4n) is 3.37. The minimum absolute atomic E-state index is 0.0521. The van der Waals surface area contributed by atoms with E-state index in [-0.39, 0.29) is 22.0 Å². The van der Waals surface area contributed by atoms with E-state index in [0.717, 1.165) is 19.3 Å². The van der Waals surface area contributed by atoms with E-state index in [4.69, 9.17) is 20.4 Å². The number of carboxylic acid groups (broad SMARTS) is 2. The van der Waals surface area contributed by atoms with Crippen LogP contribution in [-0.2, 0) is 0 Å². The summed E-state index contributed by atoms with van der Waals surface area (Å²) in [6.07, 6.45) is 4.69. The van der Waals surface area contributed by atoms with Crippen LogP contribution >= 0.6 is 0 Å². The van der Waals surface area contributed by atoms with E-state index in [0.29, 0.717) is 19.3 Å². The van der Waals surface area contributed by atoms with Crippen LogP contribution in [0.3, 0.4) is 0 Å². The van der Waals surface area contributed by atoms with Gasteiger partial charge in [-0.05, 0) is 42.5 Å². The maximum absolute atomic E-state index is 10.3. The van der Waals surface area contributed by atoms with Crippen molar-refractivity contribution >= 4 is 11.9 Å². The van der Waals surface area contributed by atoms with Gasteiger partial charge in [-0.15, -0.1) is 0 Å². The molecule has 3 rings (SSSR count). The van der Waals surface area contributed by atoms with Crippen molar-refractivity contribution in [1.82, 2.24) is 0 Å². The molecule has 2 saturated carbocycles. The second-order valence-electron chi connectivity index (χ2n) is 9.23. The number of hydrogen-bond acceptors (Lipinski definition) is 6. The Hall–Kier alpha value is -2.00.